The van der Waals surface area contributed by atoms with Gasteiger partial charge in [-0.25, -0.2) is 18.1 Å². The number of anilines is 1. The van der Waals surface area contributed by atoms with Crippen LogP contribution in [0.5, 0.6) is 0 Å². The van der Waals surface area contributed by atoms with Gasteiger partial charge in [-0.2, -0.15) is 0 Å². The van der Waals surface area contributed by atoms with Crippen molar-refractivity contribution in [2.45, 2.75) is 4.21 Å². The molecule has 13 heavy (non-hydrogen) atoms. The Hall–Kier alpha value is -0.920. The lowest BCUT2D eigenvalue weighted by atomic mass is 10.7. The molecule has 0 saturated heterocycles. The highest BCUT2D eigenvalue weighted by Gasteiger charge is 2.15. The van der Waals surface area contributed by atoms with Gasteiger partial charge in [0.15, 0.2) is 9.34 Å². The van der Waals surface area contributed by atoms with E-state index >= 15 is 0 Å². The molecule has 5 nitrogen and oxygen atoms in total. The second kappa shape index (κ2) is 3.86. The molecule has 1 aromatic heterocycles. The van der Waals surface area contributed by atoms with Crippen LogP contribution in [-0.4, -0.2) is 19.9 Å². The van der Waals surface area contributed by atoms with Crippen molar-refractivity contribution in [3.63, 3.8) is 0 Å². The zero-order chi connectivity index (χ0) is 9.90. The first-order chi connectivity index (χ1) is 6.06. The number of sulfonamides is 1. The van der Waals surface area contributed by atoms with Crippen molar-refractivity contribution in [3.8, 4) is 0 Å². The second-order valence-electron chi connectivity index (χ2n) is 2.16. The van der Waals surface area contributed by atoms with Gasteiger partial charge in [-0.15, -0.1) is 6.58 Å². The summed E-state index contributed by atoms with van der Waals surface area (Å²) in [5.74, 6) is 0. The maximum Gasteiger partial charge on any atom is 0.252 e. The van der Waals surface area contributed by atoms with Crippen LogP contribution in [0.15, 0.2) is 23.1 Å². The Morgan fingerprint density at radius 3 is 2.92 bits per heavy atom. The number of nitrogen functional groups attached to an aromatic ring is 1. The minimum absolute atomic E-state index is 0.117. The van der Waals surface area contributed by atoms with Crippen LogP contribution in [-0.2, 0) is 10.0 Å². The van der Waals surface area contributed by atoms with E-state index in [-0.39, 0.29) is 15.9 Å². The maximum absolute atomic E-state index is 11.4. The average molecular weight is 219 g/mol. The second-order valence-corrected chi connectivity index (χ2v) is 5.21. The van der Waals surface area contributed by atoms with Crippen LogP contribution in [0.4, 0.5) is 5.13 Å². The minimum atomic E-state index is -3.45. The quantitative estimate of drug-likeness (QED) is 0.708. The molecule has 0 spiro atoms. The summed E-state index contributed by atoms with van der Waals surface area (Å²) in [6.45, 7) is 3.59. The number of hydrogen-bond acceptors (Lipinski definition) is 5. The van der Waals surface area contributed by atoms with Crippen molar-refractivity contribution < 1.29 is 8.42 Å². The van der Waals surface area contributed by atoms with Gasteiger partial charge in [0.2, 0.25) is 0 Å². The van der Waals surface area contributed by atoms with E-state index in [9.17, 15) is 8.42 Å². The zero-order valence-electron chi connectivity index (χ0n) is 6.73. The van der Waals surface area contributed by atoms with Crippen molar-refractivity contribution >= 4 is 26.5 Å². The number of rotatable bonds is 4. The van der Waals surface area contributed by atoms with E-state index in [2.05, 4.69) is 16.3 Å². The van der Waals surface area contributed by atoms with Crippen LogP contribution in [0.1, 0.15) is 0 Å². The molecule has 0 fully saturated rings. The van der Waals surface area contributed by atoms with Crippen LogP contribution in [0.2, 0.25) is 0 Å². The van der Waals surface area contributed by atoms with Crippen LogP contribution >= 0.6 is 11.3 Å². The van der Waals surface area contributed by atoms with Gasteiger partial charge in [0, 0.05) is 6.54 Å². The van der Waals surface area contributed by atoms with Gasteiger partial charge in [-0.1, -0.05) is 17.4 Å². The molecule has 0 amide bonds. The zero-order valence-corrected chi connectivity index (χ0v) is 8.36. The molecule has 0 radical (unpaired) electrons. The van der Waals surface area contributed by atoms with Gasteiger partial charge >= 0.3 is 0 Å². The summed E-state index contributed by atoms with van der Waals surface area (Å²) in [5, 5.41) is 0.235. The van der Waals surface area contributed by atoms with Gasteiger partial charge in [-0.3, -0.25) is 0 Å². The summed E-state index contributed by atoms with van der Waals surface area (Å²) >= 11 is 0.927. The minimum Gasteiger partial charge on any atom is -0.375 e. The predicted molar refractivity (Wildman–Crippen MR) is 51.9 cm³/mol. The number of hydrogen-bond donors (Lipinski definition) is 2. The number of thiazole rings is 1. The summed E-state index contributed by atoms with van der Waals surface area (Å²) in [6.07, 6.45) is 2.69. The molecule has 0 saturated carbocycles. The summed E-state index contributed by atoms with van der Waals surface area (Å²) < 4.78 is 25.1. The third-order valence-corrected chi connectivity index (χ3v) is 3.90. The third-order valence-electron chi connectivity index (χ3n) is 1.18. The highest BCUT2D eigenvalue weighted by atomic mass is 32.2. The van der Waals surface area contributed by atoms with E-state index in [1.807, 2.05) is 0 Å². The fraction of sp³-hybridized carbons (Fsp3) is 0.167. The van der Waals surface area contributed by atoms with Crippen molar-refractivity contribution in [2.75, 3.05) is 12.3 Å². The third kappa shape index (κ3) is 2.51. The van der Waals surface area contributed by atoms with E-state index in [1.54, 1.807) is 0 Å². The van der Waals surface area contributed by atoms with Crippen molar-refractivity contribution in [2.24, 2.45) is 0 Å². The van der Waals surface area contributed by atoms with E-state index < -0.39 is 10.0 Å². The molecule has 1 rings (SSSR count). The number of nitrogens with zero attached hydrogens (tertiary/aromatic N) is 1. The molecule has 0 aromatic carbocycles. The van der Waals surface area contributed by atoms with Crippen molar-refractivity contribution in [1.29, 1.82) is 0 Å². The summed E-state index contributed by atoms with van der Waals surface area (Å²) in [7, 11) is -3.45. The highest BCUT2D eigenvalue weighted by molar-refractivity contribution is 7.91. The molecule has 1 aromatic rings. The standard InChI is InChI=1S/C6H9N3O2S2/c1-2-3-9-13(10,11)5-4-8-6(7)12-5/h2,4,9H,1,3H2,(H2,7,8). The molecule has 3 N–H and O–H groups in total. The van der Waals surface area contributed by atoms with Gasteiger partial charge in [0.1, 0.15) is 0 Å². The number of nitrogens with one attached hydrogen (secondary N) is 1. The fourth-order valence-electron chi connectivity index (χ4n) is 0.636. The van der Waals surface area contributed by atoms with Crippen LogP contribution < -0.4 is 10.5 Å². The number of aromatic nitrogens is 1. The Morgan fingerprint density at radius 2 is 2.46 bits per heavy atom. The molecule has 0 aliphatic rings. The summed E-state index contributed by atoms with van der Waals surface area (Å²) in [5.41, 5.74) is 5.30. The van der Waals surface area contributed by atoms with Gasteiger partial charge in [0.05, 0.1) is 6.20 Å². The Balaban J connectivity index is 2.87. The first-order valence-corrected chi connectivity index (χ1v) is 5.68. The van der Waals surface area contributed by atoms with E-state index in [1.165, 1.54) is 12.3 Å². The molecule has 7 heteroatoms. The largest absolute Gasteiger partial charge is 0.375 e. The van der Waals surface area contributed by atoms with Gasteiger partial charge in [-0.05, 0) is 0 Å². The molecule has 0 bridgehead atoms. The van der Waals surface area contributed by atoms with Crippen molar-refractivity contribution in [1.82, 2.24) is 9.71 Å². The molecule has 72 valence electrons. The van der Waals surface area contributed by atoms with E-state index in [0.717, 1.165) is 11.3 Å². The lowest BCUT2D eigenvalue weighted by Gasteiger charge is -1.98. The lowest BCUT2D eigenvalue weighted by Crippen LogP contribution is -2.22. The average Bonchev–Trinajstić information content (AvgIpc) is 2.49. The Kier molecular flexibility index (Phi) is 3.02. The number of nitrogens with two attached hydrogens (primary N) is 1. The molecule has 0 aliphatic heterocycles. The molecule has 0 atom stereocenters. The Morgan fingerprint density at radius 1 is 1.77 bits per heavy atom. The SMILES string of the molecule is C=CCNS(=O)(=O)c1cnc(N)s1. The van der Waals surface area contributed by atoms with Crippen LogP contribution in [0.25, 0.3) is 0 Å². The predicted octanol–water partition coefficient (Wildman–Crippen LogP) is 0.190. The normalized spacial score (nSPS) is 11.4. The summed E-state index contributed by atoms with van der Waals surface area (Å²) in [6, 6.07) is 0. The first-order valence-electron chi connectivity index (χ1n) is 3.38. The fourth-order valence-corrected chi connectivity index (χ4v) is 2.60. The first kappa shape index (κ1) is 10.2. The molecular weight excluding hydrogens is 210 g/mol. The van der Waals surface area contributed by atoms with Crippen LogP contribution in [0.3, 0.4) is 0 Å². The Bertz CT molecular complexity index is 396. The van der Waals surface area contributed by atoms with Gasteiger partial charge < -0.3 is 5.73 Å². The molecule has 0 unspecified atom stereocenters. The molecule has 0 aliphatic carbocycles. The van der Waals surface area contributed by atoms with E-state index in [4.69, 9.17) is 5.73 Å². The molecule has 1 heterocycles. The monoisotopic (exact) mass is 219 g/mol. The Labute approximate surface area is 80.3 Å². The van der Waals surface area contributed by atoms with Crippen LogP contribution in [0, 0.1) is 0 Å². The van der Waals surface area contributed by atoms with E-state index in [0.29, 0.717) is 0 Å². The van der Waals surface area contributed by atoms with Crippen molar-refractivity contribution in [3.05, 3.63) is 18.9 Å². The topological polar surface area (TPSA) is 85.1 Å². The maximum atomic E-state index is 11.4. The lowest BCUT2D eigenvalue weighted by molar-refractivity contribution is 0.587. The summed E-state index contributed by atoms with van der Waals surface area (Å²) in [4.78, 5) is 3.64. The molecular formula is C6H9N3O2S2. The van der Waals surface area contributed by atoms with Gasteiger partial charge in [0.25, 0.3) is 10.0 Å². The highest BCUT2D eigenvalue weighted by Crippen LogP contribution is 2.19. The smallest absolute Gasteiger partial charge is 0.252 e.